The molecule has 5 heteroatoms. The lowest BCUT2D eigenvalue weighted by Crippen LogP contribution is -2.05. The highest BCUT2D eigenvalue weighted by molar-refractivity contribution is 7.99. The highest BCUT2D eigenvalue weighted by Gasteiger charge is 2.10. The maximum atomic E-state index is 4.40. The van der Waals surface area contributed by atoms with E-state index in [-0.39, 0.29) is 0 Å². The molecule has 0 spiro atoms. The van der Waals surface area contributed by atoms with E-state index < -0.39 is 0 Å². The maximum absolute atomic E-state index is 4.40. The molecule has 0 amide bonds. The van der Waals surface area contributed by atoms with Crippen LogP contribution in [0.5, 0.6) is 0 Å². The minimum atomic E-state index is 0.657. The molecule has 2 rings (SSSR count). The summed E-state index contributed by atoms with van der Waals surface area (Å²) in [6.07, 6.45) is 4.45. The molecule has 3 nitrogen and oxygen atoms in total. The van der Waals surface area contributed by atoms with Gasteiger partial charge in [-0.05, 0) is 30.2 Å². The van der Waals surface area contributed by atoms with Gasteiger partial charge in [-0.15, -0.1) is 10.2 Å². The Morgan fingerprint density at radius 1 is 1.41 bits per heavy atom. The first-order valence-electron chi connectivity index (χ1n) is 5.88. The number of pyridine rings is 1. The fraction of sp³-hybridized carbons (Fsp3) is 0.500. The van der Waals surface area contributed by atoms with Gasteiger partial charge in [0.2, 0.25) is 0 Å². The van der Waals surface area contributed by atoms with E-state index in [4.69, 9.17) is 0 Å². The summed E-state index contributed by atoms with van der Waals surface area (Å²) in [5.41, 5.74) is 0.910. The summed E-state index contributed by atoms with van der Waals surface area (Å²) >= 11 is 6.17. The Balaban J connectivity index is 2.03. The second kappa shape index (κ2) is 6.31. The molecule has 2 aromatic heterocycles. The highest BCUT2D eigenvalue weighted by Crippen LogP contribution is 2.22. The van der Waals surface area contributed by atoms with Crippen molar-refractivity contribution in [2.45, 2.75) is 24.9 Å². The zero-order valence-electron chi connectivity index (χ0n) is 9.91. The van der Waals surface area contributed by atoms with Crippen LogP contribution in [0, 0.1) is 5.92 Å². The van der Waals surface area contributed by atoms with Crippen molar-refractivity contribution >= 4 is 30.0 Å². The number of thiol groups is 1. The Labute approximate surface area is 111 Å². The summed E-state index contributed by atoms with van der Waals surface area (Å²) in [4.78, 5) is 0. The fourth-order valence-corrected chi connectivity index (χ4v) is 3.29. The van der Waals surface area contributed by atoms with Crippen molar-refractivity contribution in [3.05, 3.63) is 24.4 Å². The van der Waals surface area contributed by atoms with Crippen molar-refractivity contribution in [2.24, 2.45) is 5.92 Å². The van der Waals surface area contributed by atoms with Crippen LogP contribution in [-0.4, -0.2) is 26.1 Å². The Morgan fingerprint density at radius 3 is 3.06 bits per heavy atom. The molecule has 92 valence electrons. The van der Waals surface area contributed by atoms with Gasteiger partial charge in [0.1, 0.15) is 0 Å². The van der Waals surface area contributed by atoms with E-state index in [2.05, 4.69) is 29.7 Å². The average Bonchev–Trinajstić information content (AvgIpc) is 2.78. The molecule has 1 atom stereocenters. The molecule has 17 heavy (non-hydrogen) atoms. The first-order chi connectivity index (χ1) is 8.35. The van der Waals surface area contributed by atoms with E-state index in [1.165, 1.54) is 12.8 Å². The molecule has 1 unspecified atom stereocenters. The predicted molar refractivity (Wildman–Crippen MR) is 76.0 cm³/mol. The van der Waals surface area contributed by atoms with E-state index in [1.54, 1.807) is 11.8 Å². The topological polar surface area (TPSA) is 30.2 Å². The predicted octanol–water partition coefficient (Wildman–Crippen LogP) is 3.17. The highest BCUT2D eigenvalue weighted by atomic mass is 32.2. The number of fused-ring (bicyclic) bond motifs is 1. The lowest BCUT2D eigenvalue weighted by atomic mass is 10.1. The minimum Gasteiger partial charge on any atom is -0.277 e. The number of rotatable bonds is 6. The molecule has 0 saturated heterocycles. The van der Waals surface area contributed by atoms with Gasteiger partial charge in [0.05, 0.1) is 0 Å². The molecule has 0 N–H and O–H groups in total. The Hall–Kier alpha value is -0.680. The summed E-state index contributed by atoms with van der Waals surface area (Å²) in [5, 5.41) is 9.33. The second-order valence-corrected chi connectivity index (χ2v) is 5.41. The standard InChI is InChI=1S/C12H17N3S2/c1-2-5-10(8-16)9-17-12-14-13-11-6-3-4-7-15(11)12/h3-4,6-7,10,16H,2,5,8-9H2,1H3. The largest absolute Gasteiger partial charge is 0.277 e. The quantitative estimate of drug-likeness (QED) is 0.644. The molecule has 2 heterocycles. The van der Waals surface area contributed by atoms with Gasteiger partial charge in [0, 0.05) is 11.9 Å². The average molecular weight is 267 g/mol. The lowest BCUT2D eigenvalue weighted by molar-refractivity contribution is 0.595. The van der Waals surface area contributed by atoms with E-state index in [0.717, 1.165) is 22.3 Å². The van der Waals surface area contributed by atoms with Gasteiger partial charge in [0.25, 0.3) is 0 Å². The smallest absolute Gasteiger partial charge is 0.195 e. The second-order valence-electron chi connectivity index (χ2n) is 4.06. The van der Waals surface area contributed by atoms with Crippen LogP contribution in [0.15, 0.2) is 29.6 Å². The SMILES string of the molecule is CCCC(CS)CSc1nnc2ccccn12. The number of nitrogens with zero attached hydrogens (tertiary/aromatic N) is 3. The van der Waals surface area contributed by atoms with Crippen LogP contribution in [0.3, 0.4) is 0 Å². The van der Waals surface area contributed by atoms with Gasteiger partial charge in [-0.25, -0.2) is 0 Å². The Bertz CT molecular complexity index is 469. The molecular formula is C12H17N3S2. The maximum Gasteiger partial charge on any atom is 0.195 e. The van der Waals surface area contributed by atoms with Crippen LogP contribution < -0.4 is 0 Å². The third-order valence-electron chi connectivity index (χ3n) is 2.69. The molecule has 0 radical (unpaired) electrons. The number of hydrogen-bond acceptors (Lipinski definition) is 4. The molecule has 2 aromatic rings. The zero-order chi connectivity index (χ0) is 12.1. The van der Waals surface area contributed by atoms with Gasteiger partial charge in [0.15, 0.2) is 10.8 Å². The molecule has 0 saturated carbocycles. The molecule has 0 bridgehead atoms. The van der Waals surface area contributed by atoms with Crippen LogP contribution >= 0.6 is 24.4 Å². The minimum absolute atomic E-state index is 0.657. The number of hydrogen-bond donors (Lipinski definition) is 1. The summed E-state index contributed by atoms with van der Waals surface area (Å²) in [6, 6.07) is 5.95. The molecular weight excluding hydrogens is 250 g/mol. The van der Waals surface area contributed by atoms with Crippen LogP contribution in [0.1, 0.15) is 19.8 Å². The monoisotopic (exact) mass is 267 g/mol. The third-order valence-corrected chi connectivity index (χ3v) is 4.38. The van der Waals surface area contributed by atoms with Gasteiger partial charge in [-0.3, -0.25) is 4.40 Å². The Morgan fingerprint density at radius 2 is 2.29 bits per heavy atom. The zero-order valence-corrected chi connectivity index (χ0v) is 11.6. The van der Waals surface area contributed by atoms with Crippen molar-refractivity contribution in [1.29, 1.82) is 0 Å². The van der Waals surface area contributed by atoms with Crippen LogP contribution in [0.25, 0.3) is 5.65 Å². The van der Waals surface area contributed by atoms with Crippen LogP contribution in [-0.2, 0) is 0 Å². The summed E-state index contributed by atoms with van der Waals surface area (Å²) in [7, 11) is 0. The van der Waals surface area contributed by atoms with E-state index >= 15 is 0 Å². The van der Waals surface area contributed by atoms with E-state index in [1.807, 2.05) is 28.8 Å². The first kappa shape index (κ1) is 12.8. The van der Waals surface area contributed by atoms with Gasteiger partial charge >= 0.3 is 0 Å². The lowest BCUT2D eigenvalue weighted by Gasteiger charge is -2.11. The van der Waals surface area contributed by atoms with Crippen molar-refractivity contribution in [3.8, 4) is 0 Å². The van der Waals surface area contributed by atoms with Crippen LogP contribution in [0.4, 0.5) is 0 Å². The molecule has 0 aliphatic heterocycles. The van der Waals surface area contributed by atoms with Crippen LogP contribution in [0.2, 0.25) is 0 Å². The Kier molecular flexibility index (Phi) is 4.74. The third kappa shape index (κ3) is 3.16. The van der Waals surface area contributed by atoms with Crippen molar-refractivity contribution < 1.29 is 0 Å². The van der Waals surface area contributed by atoms with Crippen molar-refractivity contribution in [3.63, 3.8) is 0 Å². The summed E-state index contributed by atoms with van der Waals surface area (Å²) in [5.74, 6) is 2.66. The van der Waals surface area contributed by atoms with Gasteiger partial charge in [-0.2, -0.15) is 12.6 Å². The van der Waals surface area contributed by atoms with Gasteiger partial charge < -0.3 is 0 Å². The first-order valence-corrected chi connectivity index (χ1v) is 7.50. The molecule has 0 aliphatic carbocycles. The molecule has 0 aliphatic rings. The normalized spacial score (nSPS) is 13.1. The fourth-order valence-electron chi connectivity index (χ4n) is 1.75. The molecule has 0 aromatic carbocycles. The summed E-state index contributed by atoms with van der Waals surface area (Å²) in [6.45, 7) is 2.22. The van der Waals surface area contributed by atoms with E-state index in [0.29, 0.717) is 5.92 Å². The number of aromatic nitrogens is 3. The van der Waals surface area contributed by atoms with E-state index in [9.17, 15) is 0 Å². The van der Waals surface area contributed by atoms with Gasteiger partial charge in [-0.1, -0.05) is 31.2 Å². The molecule has 0 fully saturated rings. The van der Waals surface area contributed by atoms with Crippen molar-refractivity contribution in [1.82, 2.24) is 14.6 Å². The summed E-state index contributed by atoms with van der Waals surface area (Å²) < 4.78 is 2.03. The van der Waals surface area contributed by atoms with Crippen molar-refractivity contribution in [2.75, 3.05) is 11.5 Å². The number of thioether (sulfide) groups is 1.